The molecule has 0 aliphatic heterocycles. The van der Waals surface area contributed by atoms with Gasteiger partial charge in [0.15, 0.2) is 0 Å². The van der Waals surface area contributed by atoms with Crippen LogP contribution in [0.4, 0.5) is 0 Å². The normalized spacial score (nSPS) is 12.5. The van der Waals surface area contributed by atoms with E-state index in [1.165, 1.54) is 19.2 Å². The molecule has 1 unspecified atom stereocenters. The molecule has 0 aromatic heterocycles. The van der Waals surface area contributed by atoms with Gasteiger partial charge in [0.1, 0.15) is 17.5 Å². The molecule has 0 bridgehead atoms. The van der Waals surface area contributed by atoms with Crippen LogP contribution in [-0.4, -0.2) is 36.9 Å². The fraction of sp³-hybridized carbons (Fsp3) is 0.136. The molecule has 150 valence electrons. The zero-order valence-corrected chi connectivity index (χ0v) is 16.6. The van der Waals surface area contributed by atoms with Crippen molar-refractivity contribution < 1.29 is 23.1 Å². The number of rotatable bonds is 8. The second-order valence-electron chi connectivity index (χ2n) is 6.42. The zero-order valence-electron chi connectivity index (χ0n) is 15.8. The van der Waals surface area contributed by atoms with Gasteiger partial charge in [-0.05, 0) is 35.9 Å². The molecule has 0 fully saturated rings. The number of ether oxygens (including phenoxy) is 1. The van der Waals surface area contributed by atoms with Crippen LogP contribution < -0.4 is 4.74 Å². The minimum absolute atomic E-state index is 0.0408. The van der Waals surface area contributed by atoms with E-state index >= 15 is 0 Å². The number of carbonyl (C=O) groups is 1. The van der Waals surface area contributed by atoms with E-state index in [1.54, 1.807) is 54.6 Å². The lowest BCUT2D eigenvalue weighted by atomic mass is 10.1. The number of sulfonamides is 1. The second kappa shape index (κ2) is 8.89. The van der Waals surface area contributed by atoms with Gasteiger partial charge in [0, 0.05) is 13.5 Å². The molecule has 6 nitrogen and oxygen atoms in total. The van der Waals surface area contributed by atoms with Crippen molar-refractivity contribution in [2.75, 3.05) is 7.05 Å². The summed E-state index contributed by atoms with van der Waals surface area (Å²) in [6.45, 7) is 0. The Labute approximate surface area is 170 Å². The van der Waals surface area contributed by atoms with Crippen LogP contribution in [0.2, 0.25) is 0 Å². The van der Waals surface area contributed by atoms with E-state index in [4.69, 9.17) is 4.74 Å². The minimum Gasteiger partial charge on any atom is -0.480 e. The molecular weight excluding hydrogens is 390 g/mol. The average molecular weight is 411 g/mol. The molecule has 29 heavy (non-hydrogen) atoms. The van der Waals surface area contributed by atoms with E-state index in [0.717, 1.165) is 4.31 Å². The zero-order chi connectivity index (χ0) is 20.9. The molecule has 0 saturated carbocycles. The van der Waals surface area contributed by atoms with Crippen molar-refractivity contribution in [1.29, 1.82) is 0 Å². The molecular formula is C22H21NO5S. The molecule has 3 aromatic carbocycles. The van der Waals surface area contributed by atoms with E-state index in [2.05, 4.69) is 0 Å². The molecule has 1 atom stereocenters. The minimum atomic E-state index is -3.96. The molecule has 0 radical (unpaired) electrons. The monoisotopic (exact) mass is 411 g/mol. The first kappa shape index (κ1) is 20.6. The van der Waals surface area contributed by atoms with Gasteiger partial charge >= 0.3 is 5.97 Å². The predicted octanol–water partition coefficient (Wildman–Crippen LogP) is 3.80. The molecule has 3 aromatic rings. The maximum atomic E-state index is 12.9. The largest absolute Gasteiger partial charge is 0.480 e. The predicted molar refractivity (Wildman–Crippen MR) is 109 cm³/mol. The summed E-state index contributed by atoms with van der Waals surface area (Å²) in [7, 11) is -2.68. The van der Waals surface area contributed by atoms with Gasteiger partial charge in [-0.15, -0.1) is 0 Å². The Morgan fingerprint density at radius 1 is 0.931 bits per heavy atom. The Morgan fingerprint density at radius 3 is 2.10 bits per heavy atom. The van der Waals surface area contributed by atoms with Gasteiger partial charge in [-0.3, -0.25) is 4.79 Å². The van der Waals surface area contributed by atoms with Crippen LogP contribution in [0.5, 0.6) is 11.5 Å². The summed E-state index contributed by atoms with van der Waals surface area (Å²) in [5, 5.41) is 9.75. The van der Waals surface area contributed by atoms with Gasteiger partial charge in [0.05, 0.1) is 4.90 Å². The highest BCUT2D eigenvalue weighted by Crippen LogP contribution is 2.28. The quantitative estimate of drug-likeness (QED) is 0.610. The summed E-state index contributed by atoms with van der Waals surface area (Å²) >= 11 is 0. The fourth-order valence-electron chi connectivity index (χ4n) is 2.89. The number of carboxylic acid groups (broad SMARTS) is 1. The van der Waals surface area contributed by atoms with Crippen molar-refractivity contribution in [2.45, 2.75) is 17.4 Å². The Hall–Kier alpha value is -3.16. The molecule has 0 heterocycles. The molecule has 3 rings (SSSR count). The molecule has 0 saturated heterocycles. The van der Waals surface area contributed by atoms with Crippen molar-refractivity contribution in [3.05, 3.63) is 90.5 Å². The van der Waals surface area contributed by atoms with Gasteiger partial charge in [0.25, 0.3) is 0 Å². The summed E-state index contributed by atoms with van der Waals surface area (Å²) in [4.78, 5) is 12.0. The molecule has 0 aliphatic rings. The first-order valence-corrected chi connectivity index (χ1v) is 10.4. The molecule has 0 aliphatic carbocycles. The highest BCUT2D eigenvalue weighted by molar-refractivity contribution is 7.89. The Kier molecular flexibility index (Phi) is 6.31. The van der Waals surface area contributed by atoms with E-state index in [-0.39, 0.29) is 11.3 Å². The number of carboxylic acids is 1. The molecule has 7 heteroatoms. The van der Waals surface area contributed by atoms with Gasteiger partial charge in [-0.1, -0.05) is 54.6 Å². The summed E-state index contributed by atoms with van der Waals surface area (Å²) in [6.07, 6.45) is -0.0408. The lowest BCUT2D eigenvalue weighted by molar-refractivity contribution is -0.141. The van der Waals surface area contributed by atoms with Gasteiger partial charge < -0.3 is 9.84 Å². The maximum absolute atomic E-state index is 12.9. The third-order valence-electron chi connectivity index (χ3n) is 4.50. The standard InChI is InChI=1S/C22H21NO5S/c1-23(29(26,27)19-13-6-3-7-14-19)20(22(24)25)16-17-10-8-9-15-21(17)28-18-11-4-2-5-12-18/h2-15,20H,16H2,1H3,(H,24,25). The summed E-state index contributed by atoms with van der Waals surface area (Å²) in [5.74, 6) is -0.144. The van der Waals surface area contributed by atoms with Gasteiger partial charge in [0.2, 0.25) is 10.0 Å². The van der Waals surface area contributed by atoms with Crippen LogP contribution in [0.15, 0.2) is 89.8 Å². The van der Waals surface area contributed by atoms with Gasteiger partial charge in [-0.25, -0.2) is 8.42 Å². The SMILES string of the molecule is CN(C(Cc1ccccc1Oc1ccccc1)C(=O)O)S(=O)(=O)c1ccccc1. The lowest BCUT2D eigenvalue weighted by Crippen LogP contribution is -2.43. The Bertz CT molecular complexity index is 1070. The molecule has 1 N–H and O–H groups in total. The van der Waals surface area contributed by atoms with Crippen molar-refractivity contribution in [2.24, 2.45) is 0 Å². The fourth-order valence-corrected chi connectivity index (χ4v) is 4.23. The number of para-hydroxylation sites is 2. The van der Waals surface area contributed by atoms with Crippen LogP contribution in [-0.2, 0) is 21.2 Å². The summed E-state index contributed by atoms with van der Waals surface area (Å²) < 4.78 is 32.5. The highest BCUT2D eigenvalue weighted by atomic mass is 32.2. The van der Waals surface area contributed by atoms with Crippen LogP contribution in [0.25, 0.3) is 0 Å². The molecule has 0 spiro atoms. The first-order valence-electron chi connectivity index (χ1n) is 8.96. The van der Waals surface area contributed by atoms with Gasteiger partial charge in [-0.2, -0.15) is 4.31 Å². The highest BCUT2D eigenvalue weighted by Gasteiger charge is 2.33. The number of nitrogens with zero attached hydrogens (tertiary/aromatic N) is 1. The number of hydrogen-bond donors (Lipinski definition) is 1. The average Bonchev–Trinajstić information content (AvgIpc) is 2.73. The number of aliphatic carboxylic acids is 1. The van der Waals surface area contributed by atoms with Crippen molar-refractivity contribution in [1.82, 2.24) is 4.31 Å². The van der Waals surface area contributed by atoms with E-state index < -0.39 is 22.0 Å². The lowest BCUT2D eigenvalue weighted by Gasteiger charge is -2.25. The summed E-state index contributed by atoms with van der Waals surface area (Å²) in [5.41, 5.74) is 0.596. The van der Waals surface area contributed by atoms with Crippen LogP contribution in [0.3, 0.4) is 0 Å². The topological polar surface area (TPSA) is 83.9 Å². The number of hydrogen-bond acceptors (Lipinski definition) is 4. The van der Waals surface area contributed by atoms with Crippen LogP contribution in [0.1, 0.15) is 5.56 Å². The van der Waals surface area contributed by atoms with Crippen molar-refractivity contribution in [3.8, 4) is 11.5 Å². The number of benzene rings is 3. The second-order valence-corrected chi connectivity index (χ2v) is 8.41. The summed E-state index contributed by atoms with van der Waals surface area (Å²) in [6, 6.07) is 22.6. The molecule has 0 amide bonds. The van der Waals surface area contributed by atoms with Crippen LogP contribution >= 0.6 is 0 Å². The maximum Gasteiger partial charge on any atom is 0.322 e. The Morgan fingerprint density at radius 2 is 1.48 bits per heavy atom. The van der Waals surface area contributed by atoms with E-state index in [1.807, 2.05) is 18.2 Å². The van der Waals surface area contributed by atoms with E-state index in [0.29, 0.717) is 17.1 Å². The van der Waals surface area contributed by atoms with Crippen LogP contribution in [0, 0.1) is 0 Å². The van der Waals surface area contributed by atoms with Crippen molar-refractivity contribution >= 4 is 16.0 Å². The van der Waals surface area contributed by atoms with Crippen molar-refractivity contribution in [3.63, 3.8) is 0 Å². The first-order chi connectivity index (χ1) is 13.9. The third-order valence-corrected chi connectivity index (χ3v) is 6.38. The Balaban J connectivity index is 1.89. The van der Waals surface area contributed by atoms with E-state index in [9.17, 15) is 18.3 Å². The number of likely N-dealkylation sites (N-methyl/N-ethyl adjacent to an activating group) is 1. The third kappa shape index (κ3) is 4.82. The smallest absolute Gasteiger partial charge is 0.322 e.